The molecule has 0 unspecified atom stereocenters. The summed E-state index contributed by atoms with van der Waals surface area (Å²) >= 11 is 0.563. The number of fused-ring (bicyclic) bond motifs is 1. The Morgan fingerprint density at radius 1 is 1.27 bits per heavy atom. The van der Waals surface area contributed by atoms with Crippen molar-refractivity contribution in [3.63, 3.8) is 0 Å². The van der Waals surface area contributed by atoms with Gasteiger partial charge >= 0.3 is 6.18 Å². The Morgan fingerprint density at radius 3 is 2.86 bits per heavy atom. The molecule has 1 aliphatic heterocycles. The zero-order chi connectivity index (χ0) is 15.6. The summed E-state index contributed by atoms with van der Waals surface area (Å²) in [6.07, 6.45) is -3.55. The Bertz CT molecular complexity index is 660. The average molecular weight is 332 g/mol. The number of ether oxygens (including phenoxy) is 3. The number of hydrogen-bond acceptors (Lipinski definition) is 6. The molecular formula is C13H11F3N2O3S. The maximum Gasteiger partial charge on any atom is 0.427 e. The molecule has 0 atom stereocenters. The Kier molecular flexibility index (Phi) is 3.97. The third-order valence-electron chi connectivity index (χ3n) is 2.78. The fourth-order valence-electron chi connectivity index (χ4n) is 1.78. The smallest absolute Gasteiger partial charge is 0.427 e. The molecular weight excluding hydrogens is 321 g/mol. The predicted molar refractivity (Wildman–Crippen MR) is 73.7 cm³/mol. The highest BCUT2D eigenvalue weighted by Gasteiger charge is 2.33. The van der Waals surface area contributed by atoms with Gasteiger partial charge in [-0.25, -0.2) is 4.98 Å². The summed E-state index contributed by atoms with van der Waals surface area (Å²) in [6, 6.07) is 5.17. The van der Waals surface area contributed by atoms with E-state index < -0.39 is 11.1 Å². The van der Waals surface area contributed by atoms with Gasteiger partial charge in [0.2, 0.25) is 6.79 Å². The first kappa shape index (κ1) is 14.8. The third-order valence-corrected chi connectivity index (χ3v) is 3.78. The van der Waals surface area contributed by atoms with Gasteiger partial charge in [0, 0.05) is 6.07 Å². The Hall–Kier alpha value is -2.16. The summed E-state index contributed by atoms with van der Waals surface area (Å²) in [5.41, 5.74) is 0. The van der Waals surface area contributed by atoms with Crippen LogP contribution in [0.1, 0.15) is 4.88 Å². The predicted octanol–water partition coefficient (Wildman–Crippen LogP) is 3.38. The topological polar surface area (TPSA) is 52.6 Å². The maximum absolute atomic E-state index is 12.4. The molecule has 0 spiro atoms. The second-order valence-electron chi connectivity index (χ2n) is 4.32. The monoisotopic (exact) mass is 332 g/mol. The number of rotatable bonds is 5. The van der Waals surface area contributed by atoms with Gasteiger partial charge in [0.1, 0.15) is 17.2 Å². The van der Waals surface area contributed by atoms with Crippen LogP contribution in [0.25, 0.3) is 0 Å². The molecule has 2 aromatic rings. The summed E-state index contributed by atoms with van der Waals surface area (Å²) in [4.78, 5) is 2.94. The van der Waals surface area contributed by atoms with Crippen molar-refractivity contribution in [2.75, 3.05) is 25.3 Å². The minimum Gasteiger partial charge on any atom is -0.492 e. The van der Waals surface area contributed by atoms with E-state index in [1.165, 1.54) is 0 Å². The molecule has 0 saturated carbocycles. The molecule has 0 bridgehead atoms. The van der Waals surface area contributed by atoms with Crippen LogP contribution in [0.2, 0.25) is 0 Å². The number of halogens is 3. The van der Waals surface area contributed by atoms with E-state index in [0.29, 0.717) is 35.1 Å². The van der Waals surface area contributed by atoms with Gasteiger partial charge in [-0.05, 0) is 12.1 Å². The SMILES string of the molecule is FC(F)(F)c1cnc(NCCOc2ccc3c(c2)OCO3)s1. The van der Waals surface area contributed by atoms with E-state index >= 15 is 0 Å². The fourth-order valence-corrected chi connectivity index (χ4v) is 2.49. The van der Waals surface area contributed by atoms with Crippen molar-refractivity contribution in [3.05, 3.63) is 29.3 Å². The van der Waals surface area contributed by atoms with E-state index in [2.05, 4.69) is 10.3 Å². The Balaban J connectivity index is 1.47. The highest BCUT2D eigenvalue weighted by atomic mass is 32.1. The van der Waals surface area contributed by atoms with Crippen molar-refractivity contribution in [3.8, 4) is 17.2 Å². The van der Waals surface area contributed by atoms with E-state index in [1.807, 2.05) is 0 Å². The van der Waals surface area contributed by atoms with Crippen molar-refractivity contribution in [2.45, 2.75) is 6.18 Å². The zero-order valence-electron chi connectivity index (χ0n) is 11.1. The Morgan fingerprint density at radius 2 is 2.09 bits per heavy atom. The van der Waals surface area contributed by atoms with Gasteiger partial charge in [0.15, 0.2) is 16.6 Å². The average Bonchev–Trinajstić information content (AvgIpc) is 3.11. The third kappa shape index (κ3) is 3.35. The quantitative estimate of drug-likeness (QED) is 0.851. The van der Waals surface area contributed by atoms with E-state index in [1.54, 1.807) is 18.2 Å². The van der Waals surface area contributed by atoms with Gasteiger partial charge in [-0.1, -0.05) is 11.3 Å². The molecule has 118 valence electrons. The maximum atomic E-state index is 12.4. The van der Waals surface area contributed by atoms with E-state index in [4.69, 9.17) is 14.2 Å². The molecule has 1 N–H and O–H groups in total. The van der Waals surface area contributed by atoms with Gasteiger partial charge in [-0.15, -0.1) is 0 Å². The molecule has 5 nitrogen and oxygen atoms in total. The molecule has 0 saturated heterocycles. The first-order chi connectivity index (χ1) is 10.5. The normalized spacial score (nSPS) is 13.2. The molecule has 1 aliphatic rings. The first-order valence-electron chi connectivity index (χ1n) is 6.32. The van der Waals surface area contributed by atoms with Crippen LogP contribution in [-0.4, -0.2) is 24.9 Å². The lowest BCUT2D eigenvalue weighted by atomic mass is 10.3. The van der Waals surface area contributed by atoms with Crippen LogP contribution in [0.4, 0.5) is 18.3 Å². The molecule has 1 aromatic carbocycles. The van der Waals surface area contributed by atoms with Crippen molar-refractivity contribution < 1.29 is 27.4 Å². The lowest BCUT2D eigenvalue weighted by Crippen LogP contribution is -2.11. The molecule has 9 heteroatoms. The summed E-state index contributed by atoms with van der Waals surface area (Å²) in [5.74, 6) is 1.87. The Labute approximate surface area is 127 Å². The van der Waals surface area contributed by atoms with Crippen LogP contribution in [0, 0.1) is 0 Å². The van der Waals surface area contributed by atoms with Gasteiger partial charge in [0.25, 0.3) is 0 Å². The van der Waals surface area contributed by atoms with Crippen molar-refractivity contribution in [2.24, 2.45) is 0 Å². The number of nitrogens with one attached hydrogen (secondary N) is 1. The van der Waals surface area contributed by atoms with Crippen LogP contribution in [-0.2, 0) is 6.18 Å². The van der Waals surface area contributed by atoms with Crippen LogP contribution in [0.15, 0.2) is 24.4 Å². The van der Waals surface area contributed by atoms with E-state index in [0.717, 1.165) is 6.20 Å². The highest BCUT2D eigenvalue weighted by Crippen LogP contribution is 2.36. The lowest BCUT2D eigenvalue weighted by molar-refractivity contribution is -0.134. The van der Waals surface area contributed by atoms with Gasteiger partial charge in [-0.3, -0.25) is 0 Å². The minimum absolute atomic E-state index is 0.186. The molecule has 0 fully saturated rings. The van der Waals surface area contributed by atoms with Gasteiger partial charge in [-0.2, -0.15) is 13.2 Å². The number of thiazole rings is 1. The van der Waals surface area contributed by atoms with Gasteiger partial charge in [0.05, 0.1) is 12.7 Å². The largest absolute Gasteiger partial charge is 0.492 e. The first-order valence-corrected chi connectivity index (χ1v) is 7.13. The fraction of sp³-hybridized carbons (Fsp3) is 0.308. The lowest BCUT2D eigenvalue weighted by Gasteiger charge is -2.07. The summed E-state index contributed by atoms with van der Waals surface area (Å²) in [6.45, 7) is 0.797. The van der Waals surface area contributed by atoms with Gasteiger partial charge < -0.3 is 19.5 Å². The molecule has 1 aromatic heterocycles. The van der Waals surface area contributed by atoms with Crippen molar-refractivity contribution in [1.82, 2.24) is 4.98 Å². The van der Waals surface area contributed by atoms with Crippen LogP contribution in [0.3, 0.4) is 0 Å². The van der Waals surface area contributed by atoms with Crippen LogP contribution < -0.4 is 19.5 Å². The number of anilines is 1. The number of benzene rings is 1. The highest BCUT2D eigenvalue weighted by molar-refractivity contribution is 7.15. The number of alkyl halides is 3. The molecule has 2 heterocycles. The van der Waals surface area contributed by atoms with E-state index in [9.17, 15) is 13.2 Å². The molecule has 3 rings (SSSR count). The van der Waals surface area contributed by atoms with Crippen molar-refractivity contribution in [1.29, 1.82) is 0 Å². The van der Waals surface area contributed by atoms with Crippen molar-refractivity contribution >= 4 is 16.5 Å². The molecule has 0 radical (unpaired) electrons. The number of hydrogen-bond donors (Lipinski definition) is 1. The minimum atomic E-state index is -4.36. The number of nitrogens with zero attached hydrogens (tertiary/aromatic N) is 1. The summed E-state index contributed by atoms with van der Waals surface area (Å²) < 4.78 is 53.1. The second-order valence-corrected chi connectivity index (χ2v) is 5.35. The van der Waals surface area contributed by atoms with Crippen LogP contribution in [0.5, 0.6) is 17.2 Å². The summed E-state index contributed by atoms with van der Waals surface area (Å²) in [7, 11) is 0. The molecule has 0 aliphatic carbocycles. The molecule has 22 heavy (non-hydrogen) atoms. The standard InChI is InChI=1S/C13H11F3N2O3S/c14-13(15,16)11-6-18-12(22-11)17-3-4-19-8-1-2-9-10(5-8)21-7-20-9/h1-2,5-6H,3-4,7H2,(H,17,18). The summed E-state index contributed by atoms with van der Waals surface area (Å²) in [5, 5.41) is 3.00. The van der Waals surface area contributed by atoms with E-state index in [-0.39, 0.29) is 18.5 Å². The van der Waals surface area contributed by atoms with Crippen LogP contribution >= 0.6 is 11.3 Å². The number of aromatic nitrogens is 1. The molecule has 0 amide bonds. The second kappa shape index (κ2) is 5.91. The zero-order valence-corrected chi connectivity index (χ0v) is 12.0.